The molecule has 0 bridgehead atoms. The van der Waals surface area contributed by atoms with Gasteiger partial charge in [0.25, 0.3) is 0 Å². The highest BCUT2D eigenvalue weighted by Crippen LogP contribution is 2.34. The predicted octanol–water partition coefficient (Wildman–Crippen LogP) is 5.61. The van der Waals surface area contributed by atoms with E-state index in [1.165, 1.54) is 0 Å². The fraction of sp³-hybridized carbons (Fsp3) is 0.321. The Morgan fingerprint density at radius 2 is 2.00 bits per heavy atom. The number of nitrogens with zero attached hydrogens (tertiary/aromatic N) is 3. The van der Waals surface area contributed by atoms with Crippen LogP contribution in [0.2, 0.25) is 10.0 Å². The molecule has 0 unspecified atom stereocenters. The molecule has 0 spiro atoms. The third-order valence-electron chi connectivity index (χ3n) is 6.76. The van der Waals surface area contributed by atoms with Crippen molar-refractivity contribution in [1.82, 2.24) is 9.88 Å². The molecule has 4 rings (SSSR count). The van der Waals surface area contributed by atoms with Gasteiger partial charge in [0.2, 0.25) is 5.95 Å². The Morgan fingerprint density at radius 1 is 1.28 bits per heavy atom. The maximum Gasteiger partial charge on any atom is 0.232 e. The minimum absolute atomic E-state index is 0.0356. The van der Waals surface area contributed by atoms with Gasteiger partial charge in [-0.2, -0.15) is 9.65 Å². The smallest absolute Gasteiger partial charge is 0.232 e. The van der Waals surface area contributed by atoms with E-state index in [0.29, 0.717) is 28.1 Å². The second kappa shape index (κ2) is 12.2. The number of ether oxygens (including phenoxy) is 2. The third kappa shape index (κ3) is 6.26. The van der Waals surface area contributed by atoms with Gasteiger partial charge in [-0.25, -0.2) is 4.98 Å². The molecular formula is C28H29Cl2FN6O2. The van der Waals surface area contributed by atoms with E-state index in [9.17, 15) is 9.65 Å². The number of pyridine rings is 1. The first-order valence-electron chi connectivity index (χ1n) is 12.5. The number of benzene rings is 2. The zero-order chi connectivity index (χ0) is 28.3. The molecule has 3 aromatic rings. The van der Waals surface area contributed by atoms with Crippen molar-refractivity contribution in [2.75, 3.05) is 25.4 Å². The lowest BCUT2D eigenvalue weighted by atomic mass is 9.96. The van der Waals surface area contributed by atoms with Crippen LogP contribution in [0.15, 0.2) is 36.5 Å². The molecule has 39 heavy (non-hydrogen) atoms. The normalized spacial score (nSPS) is 15.0. The fourth-order valence-corrected chi connectivity index (χ4v) is 5.13. The van der Waals surface area contributed by atoms with Gasteiger partial charge in [-0.1, -0.05) is 30.1 Å². The quantitative estimate of drug-likeness (QED) is 0.139. The lowest BCUT2D eigenvalue weighted by Crippen LogP contribution is -2.38. The summed E-state index contributed by atoms with van der Waals surface area (Å²) >= 11 is 12.1. The van der Waals surface area contributed by atoms with Crippen molar-refractivity contribution in [3.05, 3.63) is 80.3 Å². The van der Waals surface area contributed by atoms with Crippen LogP contribution in [0, 0.1) is 29.6 Å². The number of piperidine rings is 1. The van der Waals surface area contributed by atoms with Gasteiger partial charge >= 0.3 is 0 Å². The van der Waals surface area contributed by atoms with E-state index >= 15 is 0 Å². The van der Waals surface area contributed by atoms with Crippen molar-refractivity contribution in [3.8, 4) is 17.6 Å². The third-order valence-corrected chi connectivity index (χ3v) is 7.42. The summed E-state index contributed by atoms with van der Waals surface area (Å²) in [5, 5.41) is 18.5. The number of halogens is 3. The molecule has 1 aromatic heterocycles. The van der Waals surface area contributed by atoms with Gasteiger partial charge in [0.05, 0.1) is 21.9 Å². The molecular weight excluding hydrogens is 542 g/mol. The van der Waals surface area contributed by atoms with Gasteiger partial charge < -0.3 is 20.1 Å². The molecule has 2 heterocycles. The molecule has 0 radical (unpaired) electrons. The van der Waals surface area contributed by atoms with Crippen LogP contribution in [0.3, 0.4) is 0 Å². The van der Waals surface area contributed by atoms with E-state index < -0.39 is 12.2 Å². The molecule has 5 N–H and O–H groups in total. The van der Waals surface area contributed by atoms with Gasteiger partial charge in [-0.05, 0) is 62.2 Å². The zero-order valence-corrected chi connectivity index (χ0v) is 23.1. The number of anilines is 1. The highest BCUT2D eigenvalue weighted by molar-refractivity contribution is 6.35. The summed E-state index contributed by atoms with van der Waals surface area (Å²) in [5.74, 6) is -0.118. The van der Waals surface area contributed by atoms with Crippen LogP contribution >= 0.6 is 23.2 Å². The molecule has 1 fully saturated rings. The van der Waals surface area contributed by atoms with E-state index in [4.69, 9.17) is 49.6 Å². The van der Waals surface area contributed by atoms with E-state index in [1.807, 2.05) is 6.92 Å². The van der Waals surface area contributed by atoms with Crippen LogP contribution in [0.5, 0.6) is 11.5 Å². The fourth-order valence-electron chi connectivity index (χ4n) is 4.57. The number of rotatable bonds is 8. The number of nitrogens with one attached hydrogen (secondary N) is 1. The molecule has 0 aliphatic carbocycles. The average Bonchev–Trinajstić information content (AvgIpc) is 2.93. The summed E-state index contributed by atoms with van der Waals surface area (Å²) in [7, 11) is 0. The first-order chi connectivity index (χ1) is 18.6. The molecule has 1 aliphatic heterocycles. The number of nitrogens with two attached hydrogens (primary N) is 2. The summed E-state index contributed by atoms with van der Waals surface area (Å²) in [6.45, 7) is 6.93. The molecule has 2 aromatic carbocycles. The van der Waals surface area contributed by atoms with Gasteiger partial charge in [0.15, 0.2) is 6.23 Å². The maximum atomic E-state index is 13.9. The second-order valence-electron chi connectivity index (χ2n) is 9.32. The number of likely N-dealkylation sites (tertiary alicyclic amines) is 1. The summed E-state index contributed by atoms with van der Waals surface area (Å²) in [4.78, 5) is 5.83. The zero-order valence-electron chi connectivity index (χ0n) is 21.6. The standard InChI is InChI=1S/C28H29Cl2FN6O2/c1-3-37-8-6-18(7-9-37)38-26-15(2)10-16(11-17(26)13-32)25(34)20-12-19(4-5-22(20)33)39-28(35)23-21(29)14-36-27(31)24(23)30/h4-5,10-12,14,18,28,34H,3,6-9,33,35H2,1-2H3/t28-/m0/s1. The number of nitrogen functional groups attached to an aromatic ring is 1. The first kappa shape index (κ1) is 28.6. The van der Waals surface area contributed by atoms with Crippen molar-refractivity contribution in [2.24, 2.45) is 5.73 Å². The van der Waals surface area contributed by atoms with Crippen molar-refractivity contribution < 1.29 is 13.9 Å². The van der Waals surface area contributed by atoms with Gasteiger partial charge in [0, 0.05) is 36.1 Å². The monoisotopic (exact) mass is 570 g/mol. The summed E-state index contributed by atoms with van der Waals surface area (Å²) in [6, 6.07) is 10.3. The number of aryl methyl sites for hydroxylation is 1. The van der Waals surface area contributed by atoms with Crippen LogP contribution in [-0.2, 0) is 0 Å². The van der Waals surface area contributed by atoms with E-state index in [2.05, 4.69) is 22.9 Å². The molecule has 1 atom stereocenters. The second-order valence-corrected chi connectivity index (χ2v) is 10.1. The van der Waals surface area contributed by atoms with Crippen LogP contribution in [-0.4, -0.2) is 41.3 Å². The number of hydrogen-bond donors (Lipinski definition) is 3. The van der Waals surface area contributed by atoms with Crippen molar-refractivity contribution >= 4 is 34.6 Å². The van der Waals surface area contributed by atoms with E-state index in [1.54, 1.807) is 30.3 Å². The Balaban J connectivity index is 1.58. The van der Waals surface area contributed by atoms with Gasteiger partial charge in [-0.3, -0.25) is 11.1 Å². The van der Waals surface area contributed by atoms with Crippen molar-refractivity contribution in [1.29, 1.82) is 10.7 Å². The number of aromatic nitrogens is 1. The van der Waals surface area contributed by atoms with Gasteiger partial charge in [0.1, 0.15) is 28.7 Å². The maximum absolute atomic E-state index is 13.9. The van der Waals surface area contributed by atoms with Crippen molar-refractivity contribution in [2.45, 2.75) is 39.0 Å². The predicted molar refractivity (Wildman–Crippen MR) is 150 cm³/mol. The van der Waals surface area contributed by atoms with Crippen LogP contribution < -0.4 is 20.9 Å². The number of hydrogen-bond acceptors (Lipinski definition) is 8. The molecule has 8 nitrogen and oxygen atoms in total. The van der Waals surface area contributed by atoms with Gasteiger partial charge in [-0.15, -0.1) is 0 Å². The van der Waals surface area contributed by atoms with E-state index in [-0.39, 0.29) is 33.2 Å². The van der Waals surface area contributed by atoms with Crippen molar-refractivity contribution in [3.63, 3.8) is 0 Å². The Hall–Kier alpha value is -3.42. The Labute approximate surface area is 236 Å². The van der Waals surface area contributed by atoms with Crippen LogP contribution in [0.25, 0.3) is 0 Å². The highest BCUT2D eigenvalue weighted by atomic mass is 35.5. The molecule has 0 amide bonds. The Bertz CT molecular complexity index is 1440. The topological polar surface area (TPSA) is 134 Å². The first-order valence-corrected chi connectivity index (χ1v) is 13.2. The summed E-state index contributed by atoms with van der Waals surface area (Å²) in [6.07, 6.45) is 1.71. The Morgan fingerprint density at radius 3 is 2.67 bits per heavy atom. The summed E-state index contributed by atoms with van der Waals surface area (Å²) in [5.41, 5.74) is 14.7. The molecule has 204 valence electrons. The minimum atomic E-state index is -1.21. The minimum Gasteiger partial charge on any atom is -0.489 e. The highest BCUT2D eigenvalue weighted by Gasteiger charge is 2.24. The average molecular weight is 571 g/mol. The molecule has 0 saturated carbocycles. The Kier molecular flexibility index (Phi) is 8.93. The van der Waals surface area contributed by atoms with Crippen LogP contribution in [0.4, 0.5) is 10.1 Å². The molecule has 11 heteroatoms. The van der Waals surface area contributed by atoms with Crippen LogP contribution in [0.1, 0.15) is 53.8 Å². The van der Waals surface area contributed by atoms with E-state index in [0.717, 1.165) is 44.2 Å². The lowest BCUT2D eigenvalue weighted by Gasteiger charge is -2.31. The summed E-state index contributed by atoms with van der Waals surface area (Å²) < 4.78 is 25.9. The lowest BCUT2D eigenvalue weighted by molar-refractivity contribution is 0.103. The molecule has 1 saturated heterocycles. The number of nitriles is 1. The molecule has 1 aliphatic rings. The SMILES string of the molecule is CCN1CCC(Oc2c(C)cc(C(=N)c3cc(O[C@H](N)c4c(Cl)cnc(F)c4Cl)ccc3N)cc2C#N)CC1. The largest absolute Gasteiger partial charge is 0.489 e.